The SMILES string of the molecule is CCCc1nc2scc(C(=O)O)c2c(=O)n1C(C)C(=O)Nc1ccc(OC)c(OC)c1. The highest BCUT2D eigenvalue weighted by Crippen LogP contribution is 2.30. The molecule has 1 atom stereocenters. The van der Waals surface area contributed by atoms with Crippen LogP contribution in [0, 0.1) is 0 Å². The number of thiophene rings is 1. The number of aromatic nitrogens is 2. The lowest BCUT2D eigenvalue weighted by Gasteiger charge is -2.19. The van der Waals surface area contributed by atoms with E-state index in [9.17, 15) is 19.5 Å². The van der Waals surface area contributed by atoms with Crippen molar-refractivity contribution in [3.05, 3.63) is 45.3 Å². The molecule has 3 aromatic rings. The van der Waals surface area contributed by atoms with Crippen molar-refractivity contribution in [2.45, 2.75) is 32.7 Å². The number of anilines is 1. The van der Waals surface area contributed by atoms with Crippen molar-refractivity contribution in [1.82, 2.24) is 9.55 Å². The van der Waals surface area contributed by atoms with E-state index >= 15 is 0 Å². The Labute approximate surface area is 182 Å². The first-order valence-electron chi connectivity index (χ1n) is 9.61. The van der Waals surface area contributed by atoms with Gasteiger partial charge in [-0.3, -0.25) is 14.2 Å². The van der Waals surface area contributed by atoms with Crippen molar-refractivity contribution < 1.29 is 24.2 Å². The summed E-state index contributed by atoms with van der Waals surface area (Å²) < 4.78 is 11.7. The molecule has 1 aromatic carbocycles. The molecule has 2 heterocycles. The summed E-state index contributed by atoms with van der Waals surface area (Å²) in [6.07, 6.45) is 1.18. The summed E-state index contributed by atoms with van der Waals surface area (Å²) in [7, 11) is 3.00. The normalized spacial score (nSPS) is 11.9. The molecule has 0 bridgehead atoms. The van der Waals surface area contributed by atoms with Crippen molar-refractivity contribution in [3.8, 4) is 11.5 Å². The molecule has 0 saturated carbocycles. The van der Waals surface area contributed by atoms with E-state index < -0.39 is 23.5 Å². The van der Waals surface area contributed by atoms with Crippen LogP contribution < -0.4 is 20.3 Å². The fourth-order valence-corrected chi connectivity index (χ4v) is 4.20. The molecule has 10 heteroatoms. The van der Waals surface area contributed by atoms with Crippen LogP contribution in [0.1, 0.15) is 42.5 Å². The molecule has 0 saturated heterocycles. The molecule has 2 aromatic heterocycles. The van der Waals surface area contributed by atoms with Gasteiger partial charge in [0.15, 0.2) is 11.5 Å². The van der Waals surface area contributed by atoms with E-state index in [1.807, 2.05) is 6.92 Å². The summed E-state index contributed by atoms with van der Waals surface area (Å²) in [5.41, 5.74) is -0.181. The number of aryl methyl sites for hydroxylation is 1. The minimum Gasteiger partial charge on any atom is -0.493 e. The van der Waals surface area contributed by atoms with Crippen LogP contribution in [0.3, 0.4) is 0 Å². The molecule has 0 fully saturated rings. The topological polar surface area (TPSA) is 120 Å². The quantitative estimate of drug-likeness (QED) is 0.546. The van der Waals surface area contributed by atoms with Gasteiger partial charge in [-0.05, 0) is 25.5 Å². The highest BCUT2D eigenvalue weighted by molar-refractivity contribution is 7.17. The molecule has 0 spiro atoms. The molecule has 1 amide bonds. The van der Waals surface area contributed by atoms with E-state index in [0.717, 1.165) is 11.3 Å². The van der Waals surface area contributed by atoms with Gasteiger partial charge in [0.05, 0.1) is 25.2 Å². The molecule has 31 heavy (non-hydrogen) atoms. The van der Waals surface area contributed by atoms with Gasteiger partial charge in [0.1, 0.15) is 16.7 Å². The molecule has 0 aliphatic rings. The summed E-state index contributed by atoms with van der Waals surface area (Å²) in [4.78, 5) is 42.6. The van der Waals surface area contributed by atoms with Crippen molar-refractivity contribution >= 4 is 39.1 Å². The number of amides is 1. The molecule has 164 valence electrons. The maximum atomic E-state index is 13.2. The summed E-state index contributed by atoms with van der Waals surface area (Å²) >= 11 is 1.10. The number of carboxylic acids is 1. The number of aromatic carboxylic acids is 1. The van der Waals surface area contributed by atoms with Crippen molar-refractivity contribution in [1.29, 1.82) is 0 Å². The van der Waals surface area contributed by atoms with Crippen molar-refractivity contribution in [2.75, 3.05) is 19.5 Å². The van der Waals surface area contributed by atoms with Crippen LogP contribution in [0.15, 0.2) is 28.4 Å². The number of benzene rings is 1. The Morgan fingerprint density at radius 1 is 1.26 bits per heavy atom. The van der Waals surface area contributed by atoms with E-state index in [2.05, 4.69) is 10.3 Å². The first kappa shape index (κ1) is 22.3. The lowest BCUT2D eigenvalue weighted by Crippen LogP contribution is -2.35. The number of rotatable bonds is 8. The smallest absolute Gasteiger partial charge is 0.337 e. The average Bonchev–Trinajstić information content (AvgIpc) is 3.18. The minimum atomic E-state index is -1.21. The molecule has 0 aliphatic carbocycles. The molecular formula is C21H23N3O6S. The standard InChI is InChI=1S/C21H23N3O6S/c1-5-6-16-23-19-17(13(10-31-19)21(27)28)20(26)24(16)11(2)18(25)22-12-7-8-14(29-3)15(9-12)30-4/h7-11H,5-6H2,1-4H3,(H,22,25)(H,27,28). The third-order valence-electron chi connectivity index (χ3n) is 4.83. The van der Waals surface area contributed by atoms with Crippen molar-refractivity contribution in [3.63, 3.8) is 0 Å². The second kappa shape index (κ2) is 9.17. The molecular weight excluding hydrogens is 422 g/mol. The number of fused-ring (bicyclic) bond motifs is 1. The van der Waals surface area contributed by atoms with E-state index in [-0.39, 0.29) is 10.9 Å². The number of hydrogen-bond donors (Lipinski definition) is 2. The van der Waals surface area contributed by atoms with Gasteiger partial charge < -0.3 is 19.9 Å². The first-order chi connectivity index (χ1) is 14.8. The Bertz CT molecular complexity index is 1200. The van der Waals surface area contributed by atoms with Gasteiger partial charge in [0, 0.05) is 23.6 Å². The Morgan fingerprint density at radius 2 is 1.97 bits per heavy atom. The van der Waals surface area contributed by atoms with Crippen LogP contribution in [0.25, 0.3) is 10.2 Å². The number of methoxy groups -OCH3 is 2. The Kier molecular flexibility index (Phi) is 6.59. The van der Waals surface area contributed by atoms with E-state index in [4.69, 9.17) is 9.47 Å². The highest BCUT2D eigenvalue weighted by atomic mass is 32.1. The Hall–Kier alpha value is -3.40. The largest absolute Gasteiger partial charge is 0.493 e. The van der Waals surface area contributed by atoms with Crippen LogP contribution in [0.5, 0.6) is 11.5 Å². The molecule has 3 rings (SSSR count). The van der Waals surface area contributed by atoms with Crippen LogP contribution in [-0.4, -0.2) is 40.8 Å². The second-order valence-corrected chi connectivity index (χ2v) is 7.68. The van der Waals surface area contributed by atoms with Gasteiger partial charge in [-0.2, -0.15) is 0 Å². The molecule has 0 aliphatic heterocycles. The summed E-state index contributed by atoms with van der Waals surface area (Å²) in [5.74, 6) is -0.247. The van der Waals surface area contributed by atoms with Crippen molar-refractivity contribution in [2.24, 2.45) is 0 Å². The zero-order valence-corrected chi connectivity index (χ0v) is 18.4. The van der Waals surface area contributed by atoms with Crippen LogP contribution in [-0.2, 0) is 11.2 Å². The Morgan fingerprint density at radius 3 is 2.58 bits per heavy atom. The maximum absolute atomic E-state index is 13.2. The number of nitrogens with one attached hydrogen (secondary N) is 1. The number of hydrogen-bond acceptors (Lipinski definition) is 7. The fraction of sp³-hybridized carbons (Fsp3) is 0.333. The zero-order chi connectivity index (χ0) is 22.7. The summed E-state index contributed by atoms with van der Waals surface area (Å²) in [6, 6.07) is 4.01. The van der Waals surface area contributed by atoms with Crippen LogP contribution in [0.2, 0.25) is 0 Å². The van der Waals surface area contributed by atoms with Crippen LogP contribution in [0.4, 0.5) is 5.69 Å². The first-order valence-corrected chi connectivity index (χ1v) is 10.5. The average molecular weight is 445 g/mol. The van der Waals surface area contributed by atoms with Gasteiger partial charge >= 0.3 is 5.97 Å². The van der Waals surface area contributed by atoms with E-state index in [1.54, 1.807) is 25.1 Å². The second-order valence-electron chi connectivity index (χ2n) is 6.82. The molecule has 1 unspecified atom stereocenters. The zero-order valence-electron chi connectivity index (χ0n) is 17.6. The van der Waals surface area contributed by atoms with Gasteiger partial charge in [-0.1, -0.05) is 6.92 Å². The summed E-state index contributed by atoms with van der Waals surface area (Å²) in [5, 5.41) is 13.6. The molecule has 9 nitrogen and oxygen atoms in total. The highest BCUT2D eigenvalue weighted by Gasteiger charge is 2.25. The third-order valence-corrected chi connectivity index (χ3v) is 5.71. The Balaban J connectivity index is 2.03. The van der Waals surface area contributed by atoms with Gasteiger partial charge in [0.25, 0.3) is 5.56 Å². The summed E-state index contributed by atoms with van der Waals surface area (Å²) in [6.45, 7) is 3.52. The number of carbonyl (C=O) groups excluding carboxylic acids is 1. The predicted molar refractivity (Wildman–Crippen MR) is 118 cm³/mol. The minimum absolute atomic E-state index is 0.0168. The van der Waals surface area contributed by atoms with Gasteiger partial charge in [-0.15, -0.1) is 11.3 Å². The van der Waals surface area contributed by atoms with Gasteiger partial charge in [-0.25, -0.2) is 9.78 Å². The van der Waals surface area contributed by atoms with E-state index in [0.29, 0.717) is 40.7 Å². The van der Waals surface area contributed by atoms with E-state index in [1.165, 1.54) is 24.2 Å². The number of carbonyl (C=O) groups is 2. The van der Waals surface area contributed by atoms with Gasteiger partial charge in [0.2, 0.25) is 5.91 Å². The maximum Gasteiger partial charge on any atom is 0.337 e. The molecule has 2 N–H and O–H groups in total. The lowest BCUT2D eigenvalue weighted by atomic mass is 10.2. The molecule has 0 radical (unpaired) electrons. The number of ether oxygens (including phenoxy) is 2. The third kappa shape index (κ3) is 4.24. The lowest BCUT2D eigenvalue weighted by molar-refractivity contribution is -0.118. The number of nitrogens with zero attached hydrogens (tertiary/aromatic N) is 2. The predicted octanol–water partition coefficient (Wildman–Crippen LogP) is 3.33. The number of carboxylic acid groups (broad SMARTS) is 1. The fourth-order valence-electron chi connectivity index (χ4n) is 3.28. The van der Waals surface area contributed by atoms with Crippen LogP contribution >= 0.6 is 11.3 Å². The monoisotopic (exact) mass is 445 g/mol.